The van der Waals surface area contributed by atoms with Gasteiger partial charge in [-0.3, -0.25) is 4.99 Å². The Morgan fingerprint density at radius 1 is 1.20 bits per heavy atom. The van der Waals surface area contributed by atoms with Gasteiger partial charge in [-0.15, -0.1) is 24.0 Å². The molecule has 0 spiro atoms. The number of nitrogens with one attached hydrogen (secondary N) is 2. The van der Waals surface area contributed by atoms with Crippen LogP contribution in [0.1, 0.15) is 5.76 Å². The molecule has 20 heavy (non-hydrogen) atoms. The van der Waals surface area contributed by atoms with Crippen LogP contribution in [0.3, 0.4) is 0 Å². The van der Waals surface area contributed by atoms with E-state index < -0.39 is 0 Å². The summed E-state index contributed by atoms with van der Waals surface area (Å²) in [5, 5.41) is 6.67. The van der Waals surface area contributed by atoms with Gasteiger partial charge in [0.05, 0.1) is 12.8 Å². The lowest BCUT2D eigenvalue weighted by atomic mass is 10.3. The molecule has 7 heteroatoms. The molecule has 0 radical (unpaired) electrons. The molecule has 1 heterocycles. The molecule has 0 unspecified atom stereocenters. The van der Waals surface area contributed by atoms with Crippen molar-refractivity contribution < 1.29 is 4.42 Å². The zero-order valence-corrected chi connectivity index (χ0v) is 16.0. The van der Waals surface area contributed by atoms with Crippen molar-refractivity contribution in [3.05, 3.63) is 24.2 Å². The van der Waals surface area contributed by atoms with Crippen LogP contribution in [0.25, 0.3) is 0 Å². The van der Waals surface area contributed by atoms with E-state index in [0.717, 1.165) is 49.3 Å². The summed E-state index contributed by atoms with van der Waals surface area (Å²) >= 11 is 3.64. The number of aliphatic imine (C=N–C) groups is 1. The molecule has 0 saturated carbocycles. The lowest BCUT2D eigenvalue weighted by Gasteiger charge is -2.11. The number of furan rings is 1. The number of guanidine groups is 1. The standard InChI is InChI=1S/C13H23N3OS2.HI/c1-18-10-7-15-13(16-8-11-19-2)14-6-5-12-4-3-9-17-12;/h3-4,9H,5-8,10-11H2,1-2H3,(H2,14,15,16);1H. The van der Waals surface area contributed by atoms with Gasteiger partial charge in [0.15, 0.2) is 5.96 Å². The van der Waals surface area contributed by atoms with Gasteiger partial charge in [0.1, 0.15) is 5.76 Å². The Hall–Kier alpha value is -0.0200. The van der Waals surface area contributed by atoms with Crippen molar-refractivity contribution in [2.24, 2.45) is 4.99 Å². The summed E-state index contributed by atoms with van der Waals surface area (Å²) < 4.78 is 5.31. The fraction of sp³-hybridized carbons (Fsp3) is 0.615. The molecule has 0 saturated heterocycles. The Bertz CT molecular complexity index is 347. The van der Waals surface area contributed by atoms with E-state index in [0.29, 0.717) is 0 Å². The summed E-state index contributed by atoms with van der Waals surface area (Å²) in [4.78, 5) is 4.54. The van der Waals surface area contributed by atoms with Gasteiger partial charge in [0.25, 0.3) is 0 Å². The van der Waals surface area contributed by atoms with Crippen molar-refractivity contribution >= 4 is 53.5 Å². The molecule has 1 aromatic rings. The first kappa shape index (κ1) is 20.0. The molecule has 0 aliphatic carbocycles. The second kappa shape index (κ2) is 13.9. The van der Waals surface area contributed by atoms with Gasteiger partial charge in [-0.2, -0.15) is 23.5 Å². The van der Waals surface area contributed by atoms with Gasteiger partial charge in [0, 0.05) is 31.0 Å². The van der Waals surface area contributed by atoms with Crippen molar-refractivity contribution in [1.29, 1.82) is 0 Å². The normalized spacial score (nSPS) is 11.0. The minimum atomic E-state index is 0. The monoisotopic (exact) mass is 429 g/mol. The number of hydrogen-bond donors (Lipinski definition) is 2. The lowest BCUT2D eigenvalue weighted by molar-refractivity contribution is 0.507. The molecule has 116 valence electrons. The first-order chi connectivity index (χ1) is 9.36. The van der Waals surface area contributed by atoms with Gasteiger partial charge in [-0.05, 0) is 24.6 Å². The van der Waals surface area contributed by atoms with Crippen molar-refractivity contribution in [2.75, 3.05) is 43.7 Å². The second-order valence-electron chi connectivity index (χ2n) is 3.90. The SMILES string of the molecule is CSCCN=C(NCCSC)NCCc1ccco1.I. The summed E-state index contributed by atoms with van der Waals surface area (Å²) in [5.41, 5.74) is 0. The van der Waals surface area contributed by atoms with Crippen LogP contribution in [-0.4, -0.2) is 49.6 Å². The third-order valence-corrected chi connectivity index (χ3v) is 3.61. The highest BCUT2D eigenvalue weighted by atomic mass is 127. The predicted octanol–water partition coefficient (Wildman–Crippen LogP) is 2.70. The van der Waals surface area contributed by atoms with Crippen LogP contribution in [0.15, 0.2) is 27.8 Å². The highest BCUT2D eigenvalue weighted by Gasteiger charge is 1.99. The molecule has 1 aromatic heterocycles. The lowest BCUT2D eigenvalue weighted by Crippen LogP contribution is -2.39. The molecule has 2 N–H and O–H groups in total. The van der Waals surface area contributed by atoms with Crippen LogP contribution in [0.4, 0.5) is 0 Å². The first-order valence-electron chi connectivity index (χ1n) is 6.39. The fourth-order valence-corrected chi connectivity index (χ4v) is 2.03. The molecule has 0 aliphatic rings. The molecular formula is C13H24IN3OS2. The summed E-state index contributed by atoms with van der Waals surface area (Å²) in [6, 6.07) is 3.91. The highest BCUT2D eigenvalue weighted by molar-refractivity contribution is 14.0. The number of rotatable bonds is 9. The van der Waals surface area contributed by atoms with Gasteiger partial charge in [0.2, 0.25) is 0 Å². The largest absolute Gasteiger partial charge is 0.469 e. The van der Waals surface area contributed by atoms with Gasteiger partial charge in [-0.25, -0.2) is 0 Å². The zero-order valence-electron chi connectivity index (χ0n) is 12.1. The van der Waals surface area contributed by atoms with E-state index in [1.807, 2.05) is 35.7 Å². The smallest absolute Gasteiger partial charge is 0.191 e. The van der Waals surface area contributed by atoms with Crippen molar-refractivity contribution in [2.45, 2.75) is 6.42 Å². The summed E-state index contributed by atoms with van der Waals surface area (Å²) in [6.45, 7) is 2.61. The third-order valence-electron chi connectivity index (χ3n) is 2.41. The molecule has 0 atom stereocenters. The topological polar surface area (TPSA) is 49.6 Å². The first-order valence-corrected chi connectivity index (χ1v) is 9.18. The number of thioether (sulfide) groups is 2. The van der Waals surface area contributed by atoms with Gasteiger partial charge in [-0.1, -0.05) is 0 Å². The number of halogens is 1. The van der Waals surface area contributed by atoms with Crippen LogP contribution in [0.5, 0.6) is 0 Å². The van der Waals surface area contributed by atoms with E-state index in [2.05, 4.69) is 28.1 Å². The molecular weight excluding hydrogens is 405 g/mol. The van der Waals surface area contributed by atoms with E-state index in [4.69, 9.17) is 4.42 Å². The van der Waals surface area contributed by atoms with E-state index in [-0.39, 0.29) is 24.0 Å². The Balaban J connectivity index is 0.00000361. The molecule has 0 aromatic carbocycles. The van der Waals surface area contributed by atoms with E-state index >= 15 is 0 Å². The Labute approximate surface area is 147 Å². The number of nitrogens with zero attached hydrogens (tertiary/aromatic N) is 1. The average Bonchev–Trinajstić information content (AvgIpc) is 2.92. The highest BCUT2D eigenvalue weighted by Crippen LogP contribution is 1.99. The molecule has 0 bridgehead atoms. The van der Waals surface area contributed by atoms with Crippen LogP contribution in [-0.2, 0) is 6.42 Å². The fourth-order valence-electron chi connectivity index (χ4n) is 1.45. The summed E-state index contributed by atoms with van der Waals surface area (Å²) in [5.74, 6) is 4.03. The molecule has 0 fully saturated rings. The Morgan fingerprint density at radius 3 is 2.60 bits per heavy atom. The molecule has 4 nitrogen and oxygen atoms in total. The second-order valence-corrected chi connectivity index (χ2v) is 5.87. The third kappa shape index (κ3) is 9.82. The predicted molar refractivity (Wildman–Crippen MR) is 103 cm³/mol. The summed E-state index contributed by atoms with van der Waals surface area (Å²) in [7, 11) is 0. The van der Waals surface area contributed by atoms with Crippen molar-refractivity contribution in [1.82, 2.24) is 10.6 Å². The van der Waals surface area contributed by atoms with Gasteiger partial charge >= 0.3 is 0 Å². The van der Waals surface area contributed by atoms with Crippen LogP contribution in [0, 0.1) is 0 Å². The number of hydrogen-bond acceptors (Lipinski definition) is 4. The van der Waals surface area contributed by atoms with E-state index in [9.17, 15) is 0 Å². The maximum Gasteiger partial charge on any atom is 0.191 e. The Morgan fingerprint density at radius 2 is 1.95 bits per heavy atom. The molecule has 1 rings (SSSR count). The maximum absolute atomic E-state index is 5.31. The molecule has 0 amide bonds. The zero-order chi connectivity index (χ0) is 13.8. The summed E-state index contributed by atoms with van der Waals surface area (Å²) in [6.07, 6.45) is 6.79. The average molecular weight is 429 g/mol. The van der Waals surface area contributed by atoms with Crippen LogP contribution < -0.4 is 10.6 Å². The van der Waals surface area contributed by atoms with E-state index in [1.165, 1.54) is 0 Å². The maximum atomic E-state index is 5.31. The Kier molecular flexibility index (Phi) is 13.9. The quantitative estimate of drug-likeness (QED) is 0.274. The van der Waals surface area contributed by atoms with Crippen molar-refractivity contribution in [3.63, 3.8) is 0 Å². The minimum Gasteiger partial charge on any atom is -0.469 e. The molecule has 0 aliphatic heterocycles. The van der Waals surface area contributed by atoms with Crippen LogP contribution in [0.2, 0.25) is 0 Å². The van der Waals surface area contributed by atoms with E-state index in [1.54, 1.807) is 6.26 Å². The minimum absolute atomic E-state index is 0. The van der Waals surface area contributed by atoms with Crippen molar-refractivity contribution in [3.8, 4) is 0 Å². The van der Waals surface area contributed by atoms with Crippen LogP contribution >= 0.6 is 47.5 Å². The van der Waals surface area contributed by atoms with Gasteiger partial charge < -0.3 is 15.1 Å².